The first-order valence-electron chi connectivity index (χ1n) is 7.75. The van der Waals surface area contributed by atoms with Crippen molar-refractivity contribution >= 4 is 5.97 Å². The van der Waals surface area contributed by atoms with E-state index in [-0.39, 0.29) is 11.9 Å². The Bertz CT molecular complexity index is 461. The van der Waals surface area contributed by atoms with Crippen LogP contribution in [-0.4, -0.2) is 36.6 Å². The summed E-state index contributed by atoms with van der Waals surface area (Å²) in [6.07, 6.45) is 4.35. The molecule has 1 unspecified atom stereocenters. The van der Waals surface area contributed by atoms with Gasteiger partial charge in [0.2, 0.25) is 0 Å². The third-order valence-corrected chi connectivity index (χ3v) is 4.62. The molecule has 1 aliphatic heterocycles. The summed E-state index contributed by atoms with van der Waals surface area (Å²) < 4.78 is 5.19. The van der Waals surface area contributed by atoms with Gasteiger partial charge in [0, 0.05) is 12.6 Å². The van der Waals surface area contributed by atoms with Gasteiger partial charge in [0.25, 0.3) is 0 Å². The molecule has 2 aliphatic rings. The zero-order chi connectivity index (χ0) is 13.9. The van der Waals surface area contributed by atoms with Crippen molar-refractivity contribution in [3.8, 4) is 0 Å². The number of esters is 1. The van der Waals surface area contributed by atoms with E-state index in [1.165, 1.54) is 11.1 Å². The van der Waals surface area contributed by atoms with Crippen molar-refractivity contribution in [2.75, 3.05) is 19.7 Å². The van der Waals surface area contributed by atoms with E-state index in [0.717, 1.165) is 38.8 Å². The van der Waals surface area contributed by atoms with E-state index in [0.29, 0.717) is 12.6 Å². The van der Waals surface area contributed by atoms with Gasteiger partial charge < -0.3 is 4.74 Å². The average molecular weight is 273 g/mol. The second kappa shape index (κ2) is 5.96. The highest BCUT2D eigenvalue weighted by molar-refractivity contribution is 5.72. The number of carbonyl (C=O) groups excluding carboxylic acids is 1. The third kappa shape index (κ3) is 2.73. The Morgan fingerprint density at radius 3 is 2.65 bits per heavy atom. The van der Waals surface area contributed by atoms with E-state index in [1.54, 1.807) is 0 Å². The number of likely N-dealkylation sites (tertiary alicyclic amines) is 1. The molecule has 20 heavy (non-hydrogen) atoms. The molecule has 3 rings (SSSR count). The fourth-order valence-electron chi connectivity index (χ4n) is 3.58. The van der Waals surface area contributed by atoms with Crippen molar-refractivity contribution < 1.29 is 9.53 Å². The minimum absolute atomic E-state index is 0.00675. The molecule has 1 fully saturated rings. The van der Waals surface area contributed by atoms with Gasteiger partial charge in [0.1, 0.15) is 0 Å². The van der Waals surface area contributed by atoms with Gasteiger partial charge in [-0.3, -0.25) is 9.69 Å². The standard InChI is InChI=1S/C17H23NO2/c1-2-20-17(19)15-8-5-9-18(12-15)16-10-13-6-3-4-7-14(13)11-16/h3-4,6-7,15-16H,2,5,8-12H2,1H3. The number of piperidine rings is 1. The van der Waals surface area contributed by atoms with Crippen LogP contribution < -0.4 is 0 Å². The van der Waals surface area contributed by atoms with Crippen LogP contribution in [0.5, 0.6) is 0 Å². The molecule has 0 radical (unpaired) electrons. The lowest BCUT2D eigenvalue weighted by atomic mass is 9.96. The molecule has 1 aromatic carbocycles. The zero-order valence-electron chi connectivity index (χ0n) is 12.2. The van der Waals surface area contributed by atoms with E-state index >= 15 is 0 Å². The number of hydrogen-bond donors (Lipinski definition) is 0. The van der Waals surface area contributed by atoms with Crippen molar-refractivity contribution in [2.24, 2.45) is 5.92 Å². The summed E-state index contributed by atoms with van der Waals surface area (Å²) in [7, 11) is 0. The van der Waals surface area contributed by atoms with Gasteiger partial charge in [-0.05, 0) is 50.3 Å². The zero-order valence-corrected chi connectivity index (χ0v) is 12.2. The Balaban J connectivity index is 1.63. The Labute approximate surface area is 120 Å². The van der Waals surface area contributed by atoms with Gasteiger partial charge in [-0.1, -0.05) is 24.3 Å². The summed E-state index contributed by atoms with van der Waals surface area (Å²) in [5, 5.41) is 0. The number of fused-ring (bicyclic) bond motifs is 1. The quantitative estimate of drug-likeness (QED) is 0.792. The number of carbonyl (C=O) groups is 1. The Hall–Kier alpha value is -1.35. The molecule has 1 saturated heterocycles. The molecule has 0 spiro atoms. The van der Waals surface area contributed by atoms with Crippen LogP contribution in [0.15, 0.2) is 24.3 Å². The fourth-order valence-corrected chi connectivity index (χ4v) is 3.58. The SMILES string of the molecule is CCOC(=O)C1CCCN(C2Cc3ccccc3C2)C1. The van der Waals surface area contributed by atoms with E-state index in [2.05, 4.69) is 29.2 Å². The topological polar surface area (TPSA) is 29.5 Å². The summed E-state index contributed by atoms with van der Waals surface area (Å²) in [6.45, 7) is 4.36. The van der Waals surface area contributed by atoms with E-state index < -0.39 is 0 Å². The van der Waals surface area contributed by atoms with Crippen LogP contribution >= 0.6 is 0 Å². The Morgan fingerprint density at radius 1 is 1.30 bits per heavy atom. The lowest BCUT2D eigenvalue weighted by Crippen LogP contribution is -2.45. The summed E-state index contributed by atoms with van der Waals surface area (Å²) in [5.41, 5.74) is 2.96. The maximum atomic E-state index is 11.9. The predicted octanol–water partition coefficient (Wildman–Crippen LogP) is 2.43. The first-order valence-corrected chi connectivity index (χ1v) is 7.75. The van der Waals surface area contributed by atoms with E-state index in [1.807, 2.05) is 6.92 Å². The van der Waals surface area contributed by atoms with E-state index in [9.17, 15) is 4.79 Å². The lowest BCUT2D eigenvalue weighted by Gasteiger charge is -2.35. The number of hydrogen-bond acceptors (Lipinski definition) is 3. The van der Waals surface area contributed by atoms with Gasteiger partial charge in [-0.15, -0.1) is 0 Å². The summed E-state index contributed by atoms with van der Waals surface area (Å²) in [6, 6.07) is 9.30. The molecule has 0 amide bonds. The molecule has 0 aromatic heterocycles. The maximum absolute atomic E-state index is 11.9. The largest absolute Gasteiger partial charge is 0.466 e. The molecule has 0 N–H and O–H groups in total. The number of benzene rings is 1. The summed E-state index contributed by atoms with van der Waals surface area (Å²) in [4.78, 5) is 14.4. The van der Waals surface area contributed by atoms with Crippen LogP contribution in [-0.2, 0) is 22.4 Å². The molecule has 0 bridgehead atoms. The molecular formula is C17H23NO2. The second-order valence-corrected chi connectivity index (χ2v) is 5.92. The highest BCUT2D eigenvalue weighted by Gasteiger charge is 2.33. The summed E-state index contributed by atoms with van der Waals surface area (Å²) >= 11 is 0. The molecule has 3 heteroatoms. The molecule has 1 heterocycles. The van der Waals surface area contributed by atoms with Crippen LogP contribution in [0.3, 0.4) is 0 Å². The van der Waals surface area contributed by atoms with Crippen molar-refractivity contribution in [3.63, 3.8) is 0 Å². The van der Waals surface area contributed by atoms with Crippen LogP contribution in [0.1, 0.15) is 30.9 Å². The molecular weight excluding hydrogens is 250 g/mol. The molecule has 0 saturated carbocycles. The van der Waals surface area contributed by atoms with Crippen LogP contribution in [0, 0.1) is 5.92 Å². The molecule has 3 nitrogen and oxygen atoms in total. The third-order valence-electron chi connectivity index (χ3n) is 4.62. The first kappa shape index (κ1) is 13.6. The minimum Gasteiger partial charge on any atom is -0.466 e. The van der Waals surface area contributed by atoms with E-state index in [4.69, 9.17) is 4.74 Å². The van der Waals surface area contributed by atoms with Crippen molar-refractivity contribution in [3.05, 3.63) is 35.4 Å². The summed E-state index contributed by atoms with van der Waals surface area (Å²) in [5.74, 6) is 0.0696. The maximum Gasteiger partial charge on any atom is 0.310 e. The smallest absolute Gasteiger partial charge is 0.310 e. The van der Waals surface area contributed by atoms with Gasteiger partial charge in [0.05, 0.1) is 12.5 Å². The fraction of sp³-hybridized carbons (Fsp3) is 0.588. The minimum atomic E-state index is -0.00675. The highest BCUT2D eigenvalue weighted by Crippen LogP contribution is 2.29. The Morgan fingerprint density at radius 2 is 2.00 bits per heavy atom. The molecule has 1 atom stereocenters. The highest BCUT2D eigenvalue weighted by atomic mass is 16.5. The lowest BCUT2D eigenvalue weighted by molar-refractivity contribution is -0.150. The number of nitrogens with zero attached hydrogens (tertiary/aromatic N) is 1. The second-order valence-electron chi connectivity index (χ2n) is 5.92. The number of ether oxygens (including phenoxy) is 1. The van der Waals surface area contributed by atoms with Crippen LogP contribution in [0.4, 0.5) is 0 Å². The molecule has 108 valence electrons. The van der Waals surface area contributed by atoms with Crippen molar-refractivity contribution in [2.45, 2.75) is 38.6 Å². The van der Waals surface area contributed by atoms with Crippen LogP contribution in [0.25, 0.3) is 0 Å². The number of rotatable bonds is 3. The predicted molar refractivity (Wildman–Crippen MR) is 78.6 cm³/mol. The average Bonchev–Trinajstić information content (AvgIpc) is 2.91. The van der Waals surface area contributed by atoms with Gasteiger partial charge >= 0.3 is 5.97 Å². The van der Waals surface area contributed by atoms with Gasteiger partial charge in [-0.25, -0.2) is 0 Å². The van der Waals surface area contributed by atoms with Gasteiger partial charge in [-0.2, -0.15) is 0 Å². The molecule has 1 aromatic rings. The molecule has 1 aliphatic carbocycles. The Kier molecular flexibility index (Phi) is 4.06. The van der Waals surface area contributed by atoms with Gasteiger partial charge in [0.15, 0.2) is 0 Å². The van der Waals surface area contributed by atoms with Crippen molar-refractivity contribution in [1.29, 1.82) is 0 Å². The normalized spacial score (nSPS) is 23.6. The first-order chi connectivity index (χ1) is 9.78. The van der Waals surface area contributed by atoms with Crippen LogP contribution in [0.2, 0.25) is 0 Å². The van der Waals surface area contributed by atoms with Crippen molar-refractivity contribution in [1.82, 2.24) is 4.90 Å². The monoisotopic (exact) mass is 273 g/mol.